The summed E-state index contributed by atoms with van der Waals surface area (Å²) in [6, 6.07) is 4.46. The molecular formula is C16H21Cl2N3O3. The number of hydrogen-bond donors (Lipinski definition) is 2. The molecule has 3 amide bonds. The molecule has 0 radical (unpaired) electrons. The van der Waals surface area contributed by atoms with Crippen molar-refractivity contribution in [1.82, 2.24) is 15.5 Å². The zero-order chi connectivity index (χ0) is 18.1. The molecule has 0 spiro atoms. The zero-order valence-corrected chi connectivity index (χ0v) is 15.2. The highest BCUT2D eigenvalue weighted by atomic mass is 35.5. The average molecular weight is 374 g/mol. The Morgan fingerprint density at radius 2 is 1.83 bits per heavy atom. The van der Waals surface area contributed by atoms with Gasteiger partial charge in [0.1, 0.15) is 0 Å². The van der Waals surface area contributed by atoms with Gasteiger partial charge in [-0.15, -0.1) is 0 Å². The van der Waals surface area contributed by atoms with Gasteiger partial charge < -0.3 is 15.5 Å². The first kappa shape index (κ1) is 20.3. The van der Waals surface area contributed by atoms with E-state index in [1.165, 1.54) is 18.2 Å². The molecule has 1 aromatic rings. The molecule has 0 fully saturated rings. The maximum Gasteiger partial charge on any atom is 0.253 e. The fraction of sp³-hybridized carbons (Fsp3) is 0.438. The number of unbranched alkanes of at least 4 members (excludes halogenated alkanes) is 1. The summed E-state index contributed by atoms with van der Waals surface area (Å²) in [4.78, 5) is 37.0. The molecule has 0 atom stereocenters. The van der Waals surface area contributed by atoms with Crippen LogP contribution in [0, 0.1) is 0 Å². The van der Waals surface area contributed by atoms with Crippen molar-refractivity contribution < 1.29 is 14.4 Å². The molecule has 0 bridgehead atoms. The lowest BCUT2D eigenvalue weighted by atomic mass is 10.2. The number of rotatable bonds is 8. The Morgan fingerprint density at radius 3 is 2.46 bits per heavy atom. The second kappa shape index (κ2) is 10.2. The highest BCUT2D eigenvalue weighted by molar-refractivity contribution is 6.36. The number of carbonyl (C=O) groups excluding carboxylic acids is 3. The van der Waals surface area contributed by atoms with Crippen molar-refractivity contribution in [2.45, 2.75) is 19.8 Å². The molecule has 0 saturated carbocycles. The normalized spacial score (nSPS) is 10.2. The molecule has 8 heteroatoms. The first-order valence-corrected chi connectivity index (χ1v) is 8.34. The smallest absolute Gasteiger partial charge is 0.253 e. The molecule has 132 valence electrons. The summed E-state index contributed by atoms with van der Waals surface area (Å²) >= 11 is 11.7. The van der Waals surface area contributed by atoms with Crippen molar-refractivity contribution in [3.05, 3.63) is 33.8 Å². The number of carbonyl (C=O) groups is 3. The van der Waals surface area contributed by atoms with Crippen LogP contribution in [0.2, 0.25) is 10.0 Å². The fourth-order valence-electron chi connectivity index (χ4n) is 1.82. The first-order valence-electron chi connectivity index (χ1n) is 7.59. The predicted octanol–water partition coefficient (Wildman–Crippen LogP) is 2.10. The molecule has 24 heavy (non-hydrogen) atoms. The van der Waals surface area contributed by atoms with E-state index in [1.54, 1.807) is 11.9 Å². The third-order valence-electron chi connectivity index (χ3n) is 3.29. The van der Waals surface area contributed by atoms with Crippen molar-refractivity contribution in [3.8, 4) is 0 Å². The standard InChI is InChI=1S/C16H21Cl2N3O3/c1-3-4-7-21(2)15(23)10-19-14(22)9-20-16(24)12-6-5-11(17)8-13(12)18/h5-6,8H,3-4,7,9-10H2,1-2H3,(H,19,22)(H,20,24). The fourth-order valence-corrected chi connectivity index (χ4v) is 2.32. The van der Waals surface area contributed by atoms with Gasteiger partial charge in [0.2, 0.25) is 11.8 Å². The van der Waals surface area contributed by atoms with Crippen LogP contribution in [0.15, 0.2) is 18.2 Å². The molecule has 0 saturated heterocycles. The summed E-state index contributed by atoms with van der Waals surface area (Å²) in [7, 11) is 1.69. The maximum atomic E-state index is 12.0. The van der Waals surface area contributed by atoms with Crippen LogP contribution in [0.1, 0.15) is 30.1 Å². The van der Waals surface area contributed by atoms with Gasteiger partial charge in [0.05, 0.1) is 23.7 Å². The number of benzene rings is 1. The third-order valence-corrected chi connectivity index (χ3v) is 3.84. The summed E-state index contributed by atoms with van der Waals surface area (Å²) in [6.45, 7) is 2.34. The van der Waals surface area contributed by atoms with E-state index in [1.807, 2.05) is 6.92 Å². The predicted molar refractivity (Wildman–Crippen MR) is 94.3 cm³/mol. The minimum atomic E-state index is -0.488. The Bertz CT molecular complexity index is 608. The van der Waals surface area contributed by atoms with Crippen LogP contribution >= 0.6 is 23.2 Å². The molecule has 0 aliphatic heterocycles. The summed E-state index contributed by atoms with van der Waals surface area (Å²) in [5.74, 6) is -1.12. The van der Waals surface area contributed by atoms with Gasteiger partial charge in [-0.25, -0.2) is 0 Å². The molecule has 2 N–H and O–H groups in total. The minimum Gasteiger partial charge on any atom is -0.345 e. The quantitative estimate of drug-likeness (QED) is 0.732. The zero-order valence-electron chi connectivity index (χ0n) is 13.7. The highest BCUT2D eigenvalue weighted by Crippen LogP contribution is 2.20. The van der Waals surface area contributed by atoms with E-state index in [-0.39, 0.29) is 29.6 Å². The van der Waals surface area contributed by atoms with E-state index in [2.05, 4.69) is 10.6 Å². The van der Waals surface area contributed by atoms with Crippen molar-refractivity contribution in [2.75, 3.05) is 26.7 Å². The van der Waals surface area contributed by atoms with E-state index in [9.17, 15) is 14.4 Å². The van der Waals surface area contributed by atoms with Crippen LogP contribution in [0.4, 0.5) is 0 Å². The summed E-state index contributed by atoms with van der Waals surface area (Å²) in [5.41, 5.74) is 0.226. The van der Waals surface area contributed by atoms with Crippen LogP contribution in [0.3, 0.4) is 0 Å². The van der Waals surface area contributed by atoms with Crippen LogP contribution in [0.5, 0.6) is 0 Å². The number of halogens is 2. The van der Waals surface area contributed by atoms with E-state index < -0.39 is 11.8 Å². The van der Waals surface area contributed by atoms with E-state index >= 15 is 0 Å². The Labute approximate surface area is 151 Å². The molecule has 0 aromatic heterocycles. The van der Waals surface area contributed by atoms with E-state index in [0.717, 1.165) is 12.8 Å². The van der Waals surface area contributed by atoms with E-state index in [4.69, 9.17) is 23.2 Å². The van der Waals surface area contributed by atoms with Crippen molar-refractivity contribution in [1.29, 1.82) is 0 Å². The Kier molecular flexibility index (Phi) is 8.57. The highest BCUT2D eigenvalue weighted by Gasteiger charge is 2.13. The lowest BCUT2D eigenvalue weighted by molar-refractivity contribution is -0.131. The number of likely N-dealkylation sites (N-methyl/N-ethyl adjacent to an activating group) is 1. The molecule has 6 nitrogen and oxygen atoms in total. The summed E-state index contributed by atoms with van der Waals surface area (Å²) < 4.78 is 0. The monoisotopic (exact) mass is 373 g/mol. The van der Waals surface area contributed by atoms with Gasteiger partial charge in [-0.05, 0) is 24.6 Å². The lowest BCUT2D eigenvalue weighted by Gasteiger charge is -2.17. The van der Waals surface area contributed by atoms with Crippen molar-refractivity contribution >= 4 is 40.9 Å². The van der Waals surface area contributed by atoms with Crippen LogP contribution in [-0.4, -0.2) is 49.3 Å². The summed E-state index contributed by atoms with van der Waals surface area (Å²) in [6.07, 6.45) is 1.90. The number of nitrogens with one attached hydrogen (secondary N) is 2. The maximum absolute atomic E-state index is 12.0. The van der Waals surface area contributed by atoms with Gasteiger partial charge in [0.25, 0.3) is 5.91 Å². The summed E-state index contributed by atoms with van der Waals surface area (Å²) in [5, 5.41) is 5.53. The molecule has 0 aliphatic carbocycles. The average Bonchev–Trinajstić information content (AvgIpc) is 2.55. The first-order chi connectivity index (χ1) is 11.3. The number of amides is 3. The van der Waals surface area contributed by atoms with E-state index in [0.29, 0.717) is 11.6 Å². The number of hydrogen-bond acceptors (Lipinski definition) is 3. The second-order valence-corrected chi connectivity index (χ2v) is 6.10. The van der Waals surface area contributed by atoms with Crippen LogP contribution in [-0.2, 0) is 9.59 Å². The van der Waals surface area contributed by atoms with Gasteiger partial charge in [-0.3, -0.25) is 14.4 Å². The van der Waals surface area contributed by atoms with Gasteiger partial charge in [-0.1, -0.05) is 36.5 Å². The van der Waals surface area contributed by atoms with Gasteiger partial charge in [-0.2, -0.15) is 0 Å². The Hall–Kier alpha value is -1.79. The Balaban J connectivity index is 2.38. The third kappa shape index (κ3) is 6.76. The van der Waals surface area contributed by atoms with Crippen molar-refractivity contribution in [3.63, 3.8) is 0 Å². The van der Waals surface area contributed by atoms with Gasteiger partial charge >= 0.3 is 0 Å². The SMILES string of the molecule is CCCCN(C)C(=O)CNC(=O)CNC(=O)c1ccc(Cl)cc1Cl. The lowest BCUT2D eigenvalue weighted by Crippen LogP contribution is -2.42. The molecule has 1 rings (SSSR count). The van der Waals surface area contributed by atoms with Crippen LogP contribution < -0.4 is 10.6 Å². The minimum absolute atomic E-state index is 0.101. The molecular weight excluding hydrogens is 353 g/mol. The topological polar surface area (TPSA) is 78.5 Å². The largest absolute Gasteiger partial charge is 0.345 e. The van der Waals surface area contributed by atoms with Gasteiger partial charge in [0.15, 0.2) is 0 Å². The number of nitrogens with zero attached hydrogens (tertiary/aromatic N) is 1. The van der Waals surface area contributed by atoms with Gasteiger partial charge in [0, 0.05) is 18.6 Å². The molecule has 0 heterocycles. The molecule has 0 aliphatic rings. The van der Waals surface area contributed by atoms with Crippen LogP contribution in [0.25, 0.3) is 0 Å². The molecule has 1 aromatic carbocycles. The second-order valence-electron chi connectivity index (χ2n) is 5.25. The molecule has 0 unspecified atom stereocenters. The van der Waals surface area contributed by atoms with Crippen molar-refractivity contribution in [2.24, 2.45) is 0 Å². The Morgan fingerprint density at radius 1 is 1.12 bits per heavy atom.